The van der Waals surface area contributed by atoms with E-state index in [1.807, 2.05) is 17.0 Å². The minimum atomic E-state index is -0.300. The molecule has 0 radical (unpaired) electrons. The van der Waals surface area contributed by atoms with Crippen molar-refractivity contribution in [1.82, 2.24) is 20.3 Å². The van der Waals surface area contributed by atoms with Crippen molar-refractivity contribution in [3.8, 4) is 5.75 Å². The van der Waals surface area contributed by atoms with E-state index in [0.717, 1.165) is 62.2 Å². The summed E-state index contributed by atoms with van der Waals surface area (Å²) < 4.78 is 5.37. The average Bonchev–Trinajstić information content (AvgIpc) is 3.16. The number of ether oxygens (including phenoxy) is 1. The maximum atomic E-state index is 13.6. The van der Waals surface area contributed by atoms with Crippen LogP contribution in [-0.4, -0.2) is 39.9 Å². The van der Waals surface area contributed by atoms with Crippen molar-refractivity contribution < 1.29 is 9.53 Å². The number of carbonyl (C=O) groups is 1. The molecule has 26 heavy (non-hydrogen) atoms. The summed E-state index contributed by atoms with van der Waals surface area (Å²) >= 11 is 0. The molecular weight excluding hydrogens is 328 g/mol. The van der Waals surface area contributed by atoms with E-state index in [4.69, 9.17) is 4.74 Å². The maximum Gasteiger partial charge on any atom is 0.229 e. The van der Waals surface area contributed by atoms with Gasteiger partial charge >= 0.3 is 0 Å². The van der Waals surface area contributed by atoms with E-state index in [0.29, 0.717) is 6.54 Å². The van der Waals surface area contributed by atoms with Crippen LogP contribution in [-0.2, 0) is 24.2 Å². The molecule has 1 aromatic carbocycles. The Morgan fingerprint density at radius 2 is 2.04 bits per heavy atom. The van der Waals surface area contributed by atoms with Gasteiger partial charge < -0.3 is 9.64 Å². The second-order valence-electron chi connectivity index (χ2n) is 7.56. The lowest BCUT2D eigenvalue weighted by molar-refractivity contribution is -0.145. The number of fused-ring (bicyclic) bond motifs is 1. The molecule has 1 saturated carbocycles. The standard InChI is InChI=1S/C20H26N4O2/c1-26-16-7-5-6-15(12-16)13-20(9-3-2-4-10-20)19(25)24-11-8-17-18(14-24)22-23-21-17/h5-7,12H,2-4,8-11,13-14H2,1H3,(H,21,22,23). The number of H-pyrrole nitrogens is 1. The minimum Gasteiger partial charge on any atom is -0.497 e. The molecule has 0 saturated heterocycles. The van der Waals surface area contributed by atoms with Crippen LogP contribution in [0.5, 0.6) is 5.75 Å². The van der Waals surface area contributed by atoms with Crippen molar-refractivity contribution in [2.75, 3.05) is 13.7 Å². The number of hydrogen-bond acceptors (Lipinski definition) is 4. The van der Waals surface area contributed by atoms with Crippen molar-refractivity contribution in [2.24, 2.45) is 5.41 Å². The fourth-order valence-electron chi connectivity index (χ4n) is 4.48. The lowest BCUT2D eigenvalue weighted by atomic mass is 9.69. The van der Waals surface area contributed by atoms with Gasteiger partial charge in [0.25, 0.3) is 0 Å². The van der Waals surface area contributed by atoms with Crippen molar-refractivity contribution >= 4 is 5.91 Å². The molecule has 138 valence electrons. The van der Waals surface area contributed by atoms with Crippen LogP contribution in [0.3, 0.4) is 0 Å². The Kier molecular flexibility index (Phi) is 4.66. The predicted octanol–water partition coefficient (Wildman–Crippen LogP) is 2.89. The number of nitrogens with zero attached hydrogens (tertiary/aromatic N) is 3. The third-order valence-corrected chi connectivity index (χ3v) is 5.89. The molecule has 2 aromatic rings. The summed E-state index contributed by atoms with van der Waals surface area (Å²) in [6.07, 6.45) is 6.96. The summed E-state index contributed by atoms with van der Waals surface area (Å²) in [5.41, 5.74) is 2.79. The molecule has 0 atom stereocenters. The Labute approximate surface area is 153 Å². The molecule has 1 N–H and O–H groups in total. The van der Waals surface area contributed by atoms with Gasteiger partial charge in [-0.1, -0.05) is 31.4 Å². The van der Waals surface area contributed by atoms with Gasteiger partial charge in [-0.3, -0.25) is 4.79 Å². The Bertz CT molecular complexity index is 780. The quantitative estimate of drug-likeness (QED) is 0.916. The van der Waals surface area contributed by atoms with E-state index in [9.17, 15) is 4.79 Å². The lowest BCUT2D eigenvalue weighted by Gasteiger charge is -2.41. The van der Waals surface area contributed by atoms with Gasteiger partial charge in [0.2, 0.25) is 5.91 Å². The van der Waals surface area contributed by atoms with E-state index < -0.39 is 0 Å². The number of benzene rings is 1. The Morgan fingerprint density at radius 3 is 2.85 bits per heavy atom. The molecule has 1 amide bonds. The first kappa shape index (κ1) is 17.1. The van der Waals surface area contributed by atoms with E-state index in [2.05, 4.69) is 27.5 Å². The van der Waals surface area contributed by atoms with Gasteiger partial charge in [0.15, 0.2) is 0 Å². The Balaban J connectivity index is 1.58. The fourth-order valence-corrected chi connectivity index (χ4v) is 4.48. The van der Waals surface area contributed by atoms with Crippen molar-refractivity contribution in [3.05, 3.63) is 41.2 Å². The Hall–Kier alpha value is -2.37. The van der Waals surface area contributed by atoms with E-state index >= 15 is 0 Å². The first-order valence-electron chi connectivity index (χ1n) is 9.51. The van der Waals surface area contributed by atoms with Gasteiger partial charge in [-0.05, 0) is 37.0 Å². The smallest absolute Gasteiger partial charge is 0.229 e. The third kappa shape index (κ3) is 3.20. The molecule has 4 rings (SSSR count). The van der Waals surface area contributed by atoms with E-state index in [1.54, 1.807) is 7.11 Å². The predicted molar refractivity (Wildman–Crippen MR) is 97.7 cm³/mol. The number of carbonyl (C=O) groups excluding carboxylic acids is 1. The molecule has 1 fully saturated rings. The third-order valence-electron chi connectivity index (χ3n) is 5.89. The maximum absolute atomic E-state index is 13.6. The number of methoxy groups -OCH3 is 1. The number of amides is 1. The Morgan fingerprint density at radius 1 is 1.23 bits per heavy atom. The highest BCUT2D eigenvalue weighted by Gasteiger charge is 2.43. The van der Waals surface area contributed by atoms with Crippen LogP contribution in [0.2, 0.25) is 0 Å². The van der Waals surface area contributed by atoms with Crippen molar-refractivity contribution in [1.29, 1.82) is 0 Å². The number of nitrogens with one attached hydrogen (secondary N) is 1. The SMILES string of the molecule is COc1cccc(CC2(C(=O)N3CCc4n[nH]nc4C3)CCCCC2)c1. The van der Waals surface area contributed by atoms with Gasteiger partial charge in [0, 0.05) is 13.0 Å². The molecular formula is C20H26N4O2. The van der Waals surface area contributed by atoms with Crippen LogP contribution in [0.15, 0.2) is 24.3 Å². The van der Waals surface area contributed by atoms with Crippen LogP contribution in [0.1, 0.15) is 49.1 Å². The summed E-state index contributed by atoms with van der Waals surface area (Å²) in [5, 5.41) is 11.1. The summed E-state index contributed by atoms with van der Waals surface area (Å²) in [7, 11) is 1.68. The molecule has 6 nitrogen and oxygen atoms in total. The molecule has 1 aliphatic heterocycles. The molecule has 6 heteroatoms. The highest BCUT2D eigenvalue weighted by molar-refractivity contribution is 5.83. The molecule has 0 unspecified atom stereocenters. The van der Waals surface area contributed by atoms with Crippen molar-refractivity contribution in [2.45, 2.75) is 51.5 Å². The molecule has 2 aliphatic rings. The summed E-state index contributed by atoms with van der Waals surface area (Å²) in [5.74, 6) is 1.14. The first-order valence-corrected chi connectivity index (χ1v) is 9.51. The van der Waals surface area contributed by atoms with Crippen LogP contribution in [0.4, 0.5) is 0 Å². The van der Waals surface area contributed by atoms with Crippen molar-refractivity contribution in [3.63, 3.8) is 0 Å². The zero-order chi connectivity index (χ0) is 18.0. The van der Waals surface area contributed by atoms with Crippen LogP contribution in [0.25, 0.3) is 0 Å². The minimum absolute atomic E-state index is 0.286. The topological polar surface area (TPSA) is 71.1 Å². The van der Waals surface area contributed by atoms with Crippen LogP contribution >= 0.6 is 0 Å². The summed E-state index contributed by atoms with van der Waals surface area (Å²) in [6, 6.07) is 8.14. The number of rotatable bonds is 4. The fraction of sp³-hybridized carbons (Fsp3) is 0.550. The van der Waals surface area contributed by atoms with E-state index in [-0.39, 0.29) is 11.3 Å². The molecule has 1 aliphatic carbocycles. The van der Waals surface area contributed by atoms with Gasteiger partial charge in [0.05, 0.1) is 24.8 Å². The summed E-state index contributed by atoms with van der Waals surface area (Å²) in [6.45, 7) is 1.31. The normalized spacial score (nSPS) is 19.0. The van der Waals surface area contributed by atoms with Crippen LogP contribution < -0.4 is 4.74 Å². The largest absolute Gasteiger partial charge is 0.497 e. The molecule has 1 aromatic heterocycles. The second-order valence-corrected chi connectivity index (χ2v) is 7.56. The van der Waals surface area contributed by atoms with Gasteiger partial charge in [-0.15, -0.1) is 0 Å². The van der Waals surface area contributed by atoms with Gasteiger partial charge in [0.1, 0.15) is 11.4 Å². The highest BCUT2D eigenvalue weighted by Crippen LogP contribution is 2.42. The molecule has 2 heterocycles. The van der Waals surface area contributed by atoms with Crippen LogP contribution in [0, 0.1) is 5.41 Å². The lowest BCUT2D eigenvalue weighted by Crippen LogP contribution is -2.48. The molecule has 0 bridgehead atoms. The zero-order valence-corrected chi connectivity index (χ0v) is 15.3. The summed E-state index contributed by atoms with van der Waals surface area (Å²) in [4.78, 5) is 15.6. The second kappa shape index (κ2) is 7.09. The zero-order valence-electron chi connectivity index (χ0n) is 15.3. The molecule has 0 spiro atoms. The van der Waals surface area contributed by atoms with Gasteiger partial charge in [-0.2, -0.15) is 15.4 Å². The monoisotopic (exact) mass is 354 g/mol. The number of aromatic nitrogens is 3. The highest BCUT2D eigenvalue weighted by atomic mass is 16.5. The van der Waals surface area contributed by atoms with Gasteiger partial charge in [-0.25, -0.2) is 0 Å². The van der Waals surface area contributed by atoms with E-state index in [1.165, 1.54) is 12.0 Å². The first-order chi connectivity index (χ1) is 12.7. The number of aromatic amines is 1. The number of hydrogen-bond donors (Lipinski definition) is 1. The average molecular weight is 354 g/mol.